The molecule has 20 heavy (non-hydrogen) atoms. The Morgan fingerprint density at radius 3 is 2.70 bits per heavy atom. The summed E-state index contributed by atoms with van der Waals surface area (Å²) < 4.78 is 18.9. The van der Waals surface area contributed by atoms with E-state index in [9.17, 15) is 4.39 Å². The van der Waals surface area contributed by atoms with Gasteiger partial charge in [-0.2, -0.15) is 5.26 Å². The fraction of sp³-hybridized carbons (Fsp3) is 0.562. The zero-order valence-electron chi connectivity index (χ0n) is 12.4. The van der Waals surface area contributed by atoms with E-state index in [1.807, 2.05) is 20.8 Å². The van der Waals surface area contributed by atoms with E-state index >= 15 is 0 Å². The molecule has 0 aliphatic heterocycles. The number of unbranched alkanes of at least 4 members (excludes halogenated alkanes) is 1. The molecule has 0 aromatic heterocycles. The second-order valence-corrected chi connectivity index (χ2v) is 5.77. The Bertz CT molecular complexity index is 478. The first-order chi connectivity index (χ1) is 9.35. The lowest BCUT2D eigenvalue weighted by Crippen LogP contribution is -2.10. The predicted molar refractivity (Wildman–Crippen MR) is 77.7 cm³/mol. The summed E-state index contributed by atoms with van der Waals surface area (Å²) in [6.45, 7) is 6.20. The first kappa shape index (κ1) is 16.5. The van der Waals surface area contributed by atoms with Crippen molar-refractivity contribution >= 4 is 0 Å². The summed E-state index contributed by atoms with van der Waals surface area (Å²) in [6, 6.07) is 6.51. The molecule has 2 N–H and O–H groups in total. The Hall–Kier alpha value is -1.60. The largest absolute Gasteiger partial charge is 0.493 e. The van der Waals surface area contributed by atoms with Crippen molar-refractivity contribution in [2.45, 2.75) is 46.1 Å². The topological polar surface area (TPSA) is 59.0 Å². The molecule has 0 spiro atoms. The van der Waals surface area contributed by atoms with Crippen molar-refractivity contribution in [2.24, 2.45) is 11.1 Å². The number of hydrogen-bond donors (Lipinski definition) is 1. The minimum absolute atomic E-state index is 0.192. The Morgan fingerprint density at radius 1 is 1.40 bits per heavy atom. The molecule has 1 atom stereocenters. The maximum absolute atomic E-state index is 13.2. The number of ether oxygens (including phenoxy) is 1. The molecule has 3 nitrogen and oxygen atoms in total. The van der Waals surface area contributed by atoms with Crippen LogP contribution >= 0.6 is 0 Å². The minimum atomic E-state index is -0.324. The van der Waals surface area contributed by atoms with Gasteiger partial charge in [0.15, 0.2) is 0 Å². The standard InChI is InChI=1S/C16H23FN2O/c1-12(19)14-7-6-13(17)10-15(14)20-9-5-4-8-16(2,3)11-18/h6-7,10,12H,4-5,8-9,19H2,1-3H3/t12-/m1/s1. The molecule has 1 aromatic rings. The van der Waals surface area contributed by atoms with Crippen LogP contribution in [0.25, 0.3) is 0 Å². The minimum Gasteiger partial charge on any atom is -0.493 e. The van der Waals surface area contributed by atoms with Crippen LogP contribution in [0.2, 0.25) is 0 Å². The van der Waals surface area contributed by atoms with Crippen LogP contribution in [0, 0.1) is 22.6 Å². The highest BCUT2D eigenvalue weighted by molar-refractivity contribution is 5.36. The third-order valence-electron chi connectivity index (χ3n) is 3.22. The lowest BCUT2D eigenvalue weighted by Gasteiger charge is -2.16. The van der Waals surface area contributed by atoms with Gasteiger partial charge < -0.3 is 10.5 Å². The zero-order chi connectivity index (χ0) is 15.2. The number of nitriles is 1. The molecule has 0 heterocycles. The van der Waals surface area contributed by atoms with E-state index in [0.29, 0.717) is 12.4 Å². The first-order valence-electron chi connectivity index (χ1n) is 6.95. The number of rotatable bonds is 7. The summed E-state index contributed by atoms with van der Waals surface area (Å²) in [6.07, 6.45) is 2.57. The van der Waals surface area contributed by atoms with Gasteiger partial charge in [-0.05, 0) is 46.1 Å². The van der Waals surface area contributed by atoms with Crippen molar-refractivity contribution < 1.29 is 9.13 Å². The Balaban J connectivity index is 2.46. The van der Waals surface area contributed by atoms with E-state index in [4.69, 9.17) is 15.7 Å². The van der Waals surface area contributed by atoms with Gasteiger partial charge in [-0.1, -0.05) is 6.07 Å². The van der Waals surface area contributed by atoms with Gasteiger partial charge in [0.05, 0.1) is 18.1 Å². The first-order valence-corrected chi connectivity index (χ1v) is 6.95. The molecule has 0 bridgehead atoms. The number of benzene rings is 1. The summed E-state index contributed by atoms with van der Waals surface area (Å²) in [5, 5.41) is 8.92. The van der Waals surface area contributed by atoms with Crippen LogP contribution in [-0.2, 0) is 0 Å². The Kier molecular flexibility index (Phi) is 5.97. The Labute approximate surface area is 120 Å². The Morgan fingerprint density at radius 2 is 2.10 bits per heavy atom. The molecule has 0 aliphatic carbocycles. The highest BCUT2D eigenvalue weighted by Gasteiger charge is 2.15. The van der Waals surface area contributed by atoms with Crippen molar-refractivity contribution in [3.8, 4) is 11.8 Å². The molecule has 0 saturated carbocycles. The molecule has 0 amide bonds. The van der Waals surface area contributed by atoms with Crippen molar-refractivity contribution in [1.29, 1.82) is 5.26 Å². The summed E-state index contributed by atoms with van der Waals surface area (Å²) in [5.41, 5.74) is 6.34. The quantitative estimate of drug-likeness (QED) is 0.768. The van der Waals surface area contributed by atoms with Gasteiger partial charge in [0.1, 0.15) is 11.6 Å². The molecule has 0 fully saturated rings. The molecule has 0 radical (unpaired) electrons. The molecular weight excluding hydrogens is 255 g/mol. The summed E-state index contributed by atoms with van der Waals surface area (Å²) >= 11 is 0. The van der Waals surface area contributed by atoms with Gasteiger partial charge in [0.2, 0.25) is 0 Å². The van der Waals surface area contributed by atoms with Gasteiger partial charge in [0, 0.05) is 17.7 Å². The summed E-state index contributed by atoms with van der Waals surface area (Å²) in [4.78, 5) is 0. The summed E-state index contributed by atoms with van der Waals surface area (Å²) in [7, 11) is 0. The van der Waals surface area contributed by atoms with Gasteiger partial charge in [-0.3, -0.25) is 0 Å². The SMILES string of the molecule is C[C@@H](N)c1ccc(F)cc1OCCCCC(C)(C)C#N. The molecule has 0 unspecified atom stereocenters. The van der Waals surface area contributed by atoms with Crippen molar-refractivity contribution in [1.82, 2.24) is 0 Å². The van der Waals surface area contributed by atoms with E-state index < -0.39 is 0 Å². The molecule has 110 valence electrons. The van der Waals surface area contributed by atoms with Crippen LogP contribution in [0.1, 0.15) is 51.6 Å². The average molecular weight is 278 g/mol. The van der Waals surface area contributed by atoms with Gasteiger partial charge in [-0.15, -0.1) is 0 Å². The second-order valence-electron chi connectivity index (χ2n) is 5.77. The highest BCUT2D eigenvalue weighted by atomic mass is 19.1. The second kappa shape index (κ2) is 7.25. The van der Waals surface area contributed by atoms with Crippen LogP contribution in [0.15, 0.2) is 18.2 Å². The highest BCUT2D eigenvalue weighted by Crippen LogP contribution is 2.26. The van der Waals surface area contributed by atoms with Gasteiger partial charge >= 0.3 is 0 Å². The molecule has 0 saturated heterocycles. The van der Waals surface area contributed by atoms with Crippen LogP contribution in [-0.4, -0.2) is 6.61 Å². The van der Waals surface area contributed by atoms with E-state index in [1.54, 1.807) is 6.07 Å². The van der Waals surface area contributed by atoms with Crippen molar-refractivity contribution in [3.63, 3.8) is 0 Å². The lowest BCUT2D eigenvalue weighted by molar-refractivity contribution is 0.290. The van der Waals surface area contributed by atoms with E-state index in [1.165, 1.54) is 12.1 Å². The number of halogens is 1. The summed E-state index contributed by atoms with van der Waals surface area (Å²) in [5.74, 6) is 0.189. The lowest BCUT2D eigenvalue weighted by atomic mass is 9.89. The fourth-order valence-corrected chi connectivity index (χ4v) is 1.92. The zero-order valence-corrected chi connectivity index (χ0v) is 12.4. The van der Waals surface area contributed by atoms with Crippen molar-refractivity contribution in [2.75, 3.05) is 6.61 Å². The maximum atomic E-state index is 13.2. The van der Waals surface area contributed by atoms with E-state index in [-0.39, 0.29) is 17.3 Å². The molecule has 4 heteroatoms. The monoisotopic (exact) mass is 278 g/mol. The molecule has 1 aromatic carbocycles. The maximum Gasteiger partial charge on any atom is 0.126 e. The van der Waals surface area contributed by atoms with Crippen LogP contribution < -0.4 is 10.5 Å². The third kappa shape index (κ3) is 5.18. The van der Waals surface area contributed by atoms with Crippen LogP contribution in [0.3, 0.4) is 0 Å². The van der Waals surface area contributed by atoms with Crippen molar-refractivity contribution in [3.05, 3.63) is 29.6 Å². The van der Waals surface area contributed by atoms with E-state index in [2.05, 4.69) is 6.07 Å². The number of nitrogens with zero attached hydrogens (tertiary/aromatic N) is 1. The third-order valence-corrected chi connectivity index (χ3v) is 3.22. The smallest absolute Gasteiger partial charge is 0.126 e. The number of hydrogen-bond acceptors (Lipinski definition) is 3. The van der Waals surface area contributed by atoms with Crippen LogP contribution in [0.5, 0.6) is 5.75 Å². The predicted octanol–water partition coefficient (Wildman–Crippen LogP) is 3.94. The average Bonchev–Trinajstić information content (AvgIpc) is 2.38. The fourth-order valence-electron chi connectivity index (χ4n) is 1.92. The van der Waals surface area contributed by atoms with Crippen LogP contribution in [0.4, 0.5) is 4.39 Å². The van der Waals surface area contributed by atoms with E-state index in [0.717, 1.165) is 24.8 Å². The molecule has 1 rings (SSSR count). The number of nitrogens with two attached hydrogens (primary N) is 1. The molecular formula is C16H23FN2O. The normalized spacial score (nSPS) is 12.8. The van der Waals surface area contributed by atoms with Gasteiger partial charge in [-0.25, -0.2) is 4.39 Å². The molecule has 0 aliphatic rings. The van der Waals surface area contributed by atoms with Gasteiger partial charge in [0.25, 0.3) is 0 Å².